The van der Waals surface area contributed by atoms with Crippen molar-refractivity contribution in [2.24, 2.45) is 0 Å². The molecule has 0 aliphatic carbocycles. The van der Waals surface area contributed by atoms with Gasteiger partial charge in [0.15, 0.2) is 17.0 Å². The first-order valence-electron chi connectivity index (χ1n) is 1.96. The van der Waals surface area contributed by atoms with Gasteiger partial charge in [-0.25, -0.2) is 4.21 Å². The molecule has 0 N–H and O–H groups in total. The molecule has 0 aliphatic rings. The number of rotatable bonds is 2. The maximum absolute atomic E-state index is 9.75. The molecule has 0 saturated carbocycles. The Kier molecular flexibility index (Phi) is 2.05. The van der Waals surface area contributed by atoms with Gasteiger partial charge in [0.1, 0.15) is 0 Å². The summed E-state index contributed by atoms with van der Waals surface area (Å²) in [7, 11) is 0. The highest BCUT2D eigenvalue weighted by molar-refractivity contribution is 7.60. The second-order valence-corrected chi connectivity index (χ2v) is 2.34. The Balaban J connectivity index is 2.62. The van der Waals surface area contributed by atoms with Crippen LogP contribution in [0.15, 0.2) is 17.5 Å². The highest BCUT2D eigenvalue weighted by Crippen LogP contribution is 2.17. The van der Waals surface area contributed by atoms with Crippen LogP contribution in [-0.2, 0) is 11.9 Å². The van der Waals surface area contributed by atoms with Gasteiger partial charge >= 0.3 is 0 Å². The fourth-order valence-corrected chi connectivity index (χ4v) is 1.20. The van der Waals surface area contributed by atoms with Gasteiger partial charge in [-0.3, -0.25) is 0 Å². The molecule has 0 atom stereocenters. The fraction of sp³-hybridized carbons (Fsp3) is 0. The maximum Gasteiger partial charge on any atom is 0.194 e. The Morgan fingerprint density at radius 2 is 2.62 bits per heavy atom. The molecular formula is C4H4O2S2. The van der Waals surface area contributed by atoms with Crippen LogP contribution in [0.2, 0.25) is 0 Å². The minimum absolute atomic E-state index is 0.284. The van der Waals surface area contributed by atoms with Crippen LogP contribution < -0.4 is 4.18 Å². The first-order chi connectivity index (χ1) is 3.93. The van der Waals surface area contributed by atoms with Crippen molar-refractivity contribution in [3.8, 4) is 5.06 Å². The van der Waals surface area contributed by atoms with E-state index >= 15 is 0 Å². The van der Waals surface area contributed by atoms with E-state index in [1.54, 1.807) is 6.07 Å². The summed E-state index contributed by atoms with van der Waals surface area (Å²) >= 11 is 1.13. The van der Waals surface area contributed by atoms with Crippen LogP contribution in [0.5, 0.6) is 5.06 Å². The normalized spacial score (nSPS) is 9.00. The second kappa shape index (κ2) is 2.84. The average molecular weight is 148 g/mol. The Labute approximate surface area is 54.8 Å². The lowest BCUT2D eigenvalue weighted by atomic mass is 10.7. The van der Waals surface area contributed by atoms with E-state index in [-0.39, 0.29) is 11.9 Å². The molecule has 0 fully saturated rings. The topological polar surface area (TPSA) is 26.3 Å². The smallest absolute Gasteiger partial charge is 0.194 e. The van der Waals surface area contributed by atoms with Crippen molar-refractivity contribution in [1.29, 1.82) is 0 Å². The largest absolute Gasteiger partial charge is 0.391 e. The lowest BCUT2D eigenvalue weighted by Crippen LogP contribution is -1.76. The molecule has 4 heteroatoms. The van der Waals surface area contributed by atoms with Crippen LogP contribution >= 0.6 is 11.3 Å². The number of hydrogen-bond acceptors (Lipinski definition) is 3. The Bertz CT molecular complexity index is 159. The monoisotopic (exact) mass is 148 g/mol. The highest BCUT2D eigenvalue weighted by atomic mass is 32.2. The van der Waals surface area contributed by atoms with Crippen molar-refractivity contribution >= 4 is 23.3 Å². The predicted octanol–water partition coefficient (Wildman–Crippen LogP) is 0.987. The second-order valence-electron chi connectivity index (χ2n) is 1.10. The van der Waals surface area contributed by atoms with E-state index in [1.807, 2.05) is 11.4 Å². The molecule has 1 aromatic heterocycles. The molecule has 0 amide bonds. The van der Waals surface area contributed by atoms with Crippen molar-refractivity contribution in [1.82, 2.24) is 0 Å². The predicted molar refractivity (Wildman–Crippen MR) is 34.5 cm³/mol. The molecule has 2 nitrogen and oxygen atoms in total. The van der Waals surface area contributed by atoms with Gasteiger partial charge in [-0.1, -0.05) is 0 Å². The first kappa shape index (κ1) is 5.78. The van der Waals surface area contributed by atoms with E-state index in [9.17, 15) is 4.21 Å². The molecule has 0 saturated heterocycles. The van der Waals surface area contributed by atoms with Gasteiger partial charge in [0.2, 0.25) is 0 Å². The highest BCUT2D eigenvalue weighted by Gasteiger charge is 1.87. The van der Waals surface area contributed by atoms with E-state index in [4.69, 9.17) is 0 Å². The standard InChI is InChI=1S/C4H4O2S2/c5-8-6-4-2-1-3-7-4/h1-3,8H. The van der Waals surface area contributed by atoms with E-state index in [1.165, 1.54) is 11.3 Å². The molecule has 44 valence electrons. The molecule has 0 unspecified atom stereocenters. The number of thiophene rings is 1. The summed E-state index contributed by atoms with van der Waals surface area (Å²) in [5.74, 6) is 0. The number of thiol groups is 1. The molecule has 1 rings (SSSR count). The van der Waals surface area contributed by atoms with E-state index in [0.717, 1.165) is 0 Å². The Morgan fingerprint density at radius 1 is 1.75 bits per heavy atom. The van der Waals surface area contributed by atoms with Crippen LogP contribution in [0.25, 0.3) is 0 Å². The lowest BCUT2D eigenvalue weighted by molar-refractivity contribution is 0.592. The van der Waals surface area contributed by atoms with Crippen LogP contribution in [-0.4, -0.2) is 4.21 Å². The molecule has 0 aliphatic heterocycles. The Hall–Kier alpha value is -0.350. The minimum atomic E-state index is -0.284. The maximum atomic E-state index is 9.75. The van der Waals surface area contributed by atoms with Gasteiger partial charge in [0.25, 0.3) is 0 Å². The Morgan fingerprint density at radius 3 is 3.12 bits per heavy atom. The molecule has 0 spiro atoms. The van der Waals surface area contributed by atoms with Crippen molar-refractivity contribution in [2.45, 2.75) is 0 Å². The summed E-state index contributed by atoms with van der Waals surface area (Å²) in [6.45, 7) is 0. The average Bonchev–Trinajstić information content (AvgIpc) is 2.19. The van der Waals surface area contributed by atoms with Gasteiger partial charge in [-0.05, 0) is 17.5 Å². The van der Waals surface area contributed by atoms with Gasteiger partial charge < -0.3 is 4.18 Å². The van der Waals surface area contributed by atoms with Crippen LogP contribution in [0.1, 0.15) is 0 Å². The molecular weight excluding hydrogens is 144 g/mol. The third-order valence-electron chi connectivity index (χ3n) is 0.622. The quantitative estimate of drug-likeness (QED) is 0.633. The molecule has 1 heterocycles. The molecule has 0 bridgehead atoms. The third-order valence-corrected chi connectivity index (χ3v) is 1.76. The van der Waals surface area contributed by atoms with Gasteiger partial charge in [-0.15, -0.1) is 11.3 Å². The summed E-state index contributed by atoms with van der Waals surface area (Å²) in [5.41, 5.74) is 0. The molecule has 8 heavy (non-hydrogen) atoms. The number of hydrogen-bond donors (Lipinski definition) is 1. The van der Waals surface area contributed by atoms with Crippen LogP contribution in [0.3, 0.4) is 0 Å². The van der Waals surface area contributed by atoms with Crippen molar-refractivity contribution < 1.29 is 8.39 Å². The zero-order chi connectivity index (χ0) is 5.82. The van der Waals surface area contributed by atoms with Gasteiger partial charge in [-0.2, -0.15) is 0 Å². The van der Waals surface area contributed by atoms with Crippen LogP contribution in [0, 0.1) is 0 Å². The van der Waals surface area contributed by atoms with E-state index < -0.39 is 0 Å². The minimum Gasteiger partial charge on any atom is -0.391 e. The molecule has 1 aromatic rings. The van der Waals surface area contributed by atoms with Crippen LogP contribution in [0.4, 0.5) is 0 Å². The van der Waals surface area contributed by atoms with Crippen molar-refractivity contribution in [3.63, 3.8) is 0 Å². The van der Waals surface area contributed by atoms with Crippen molar-refractivity contribution in [3.05, 3.63) is 17.5 Å². The zero-order valence-electron chi connectivity index (χ0n) is 3.90. The fourth-order valence-electron chi connectivity index (χ4n) is 0.352. The van der Waals surface area contributed by atoms with Crippen molar-refractivity contribution in [2.75, 3.05) is 0 Å². The lowest BCUT2D eigenvalue weighted by Gasteiger charge is -1.84. The van der Waals surface area contributed by atoms with Gasteiger partial charge in [0, 0.05) is 0 Å². The van der Waals surface area contributed by atoms with E-state index in [0.29, 0.717) is 5.06 Å². The van der Waals surface area contributed by atoms with E-state index in [2.05, 4.69) is 4.18 Å². The summed E-state index contributed by atoms with van der Waals surface area (Å²) in [6.07, 6.45) is 0. The zero-order valence-corrected chi connectivity index (χ0v) is 5.61. The molecule has 0 aromatic carbocycles. The SMILES string of the molecule is O=[SH]Oc1cccs1. The summed E-state index contributed by atoms with van der Waals surface area (Å²) in [4.78, 5) is 0. The summed E-state index contributed by atoms with van der Waals surface area (Å²) in [5, 5.41) is 2.54. The third kappa shape index (κ3) is 1.31. The molecule has 0 radical (unpaired) electrons. The van der Waals surface area contributed by atoms with Gasteiger partial charge in [0.05, 0.1) is 0 Å². The first-order valence-corrected chi connectivity index (χ1v) is 3.57. The summed E-state index contributed by atoms with van der Waals surface area (Å²) in [6, 6.07) is 3.60. The summed E-state index contributed by atoms with van der Waals surface area (Å²) < 4.78 is 14.3.